The van der Waals surface area contributed by atoms with E-state index in [0.29, 0.717) is 10.8 Å². The third-order valence-electron chi connectivity index (χ3n) is 2.21. The van der Waals surface area contributed by atoms with Crippen LogP contribution in [0.3, 0.4) is 0 Å². The van der Waals surface area contributed by atoms with Gasteiger partial charge in [0, 0.05) is 6.54 Å². The van der Waals surface area contributed by atoms with Crippen molar-refractivity contribution in [3.05, 3.63) is 35.5 Å². The van der Waals surface area contributed by atoms with Crippen LogP contribution in [0, 0.1) is 0 Å². The topological polar surface area (TPSA) is 55.6 Å². The lowest BCUT2D eigenvalue weighted by atomic mass is 10.4. The molecule has 0 spiro atoms. The van der Waals surface area contributed by atoms with E-state index >= 15 is 0 Å². The van der Waals surface area contributed by atoms with Crippen molar-refractivity contribution in [2.45, 2.75) is 19.9 Å². The second kappa shape index (κ2) is 5.75. The smallest absolute Gasteiger partial charge is 0.171 e. The molecule has 1 N–H and O–H groups in total. The Morgan fingerprint density at radius 3 is 2.76 bits per heavy atom. The van der Waals surface area contributed by atoms with Crippen LogP contribution in [0.5, 0.6) is 0 Å². The van der Waals surface area contributed by atoms with Crippen LogP contribution in [-0.4, -0.2) is 26.3 Å². The van der Waals surface area contributed by atoms with Crippen molar-refractivity contribution in [1.82, 2.24) is 25.1 Å². The molecule has 0 saturated carbocycles. The Balaban J connectivity index is 2.02. The monoisotopic (exact) mass is 251 g/mol. The van der Waals surface area contributed by atoms with Crippen molar-refractivity contribution >= 4 is 11.6 Å². The largest absolute Gasteiger partial charge is 0.311 e. The van der Waals surface area contributed by atoms with Gasteiger partial charge in [-0.05, 0) is 13.0 Å². The first-order valence-electron chi connectivity index (χ1n) is 5.52. The minimum Gasteiger partial charge on any atom is -0.311 e. The Morgan fingerprint density at radius 2 is 2.18 bits per heavy atom. The summed E-state index contributed by atoms with van der Waals surface area (Å²) in [7, 11) is 0. The number of halogens is 1. The molecular weight excluding hydrogens is 238 g/mol. The Hall–Kier alpha value is -1.46. The van der Waals surface area contributed by atoms with Crippen LogP contribution >= 0.6 is 11.6 Å². The average molecular weight is 252 g/mol. The fraction of sp³-hybridized carbons (Fsp3) is 0.364. The Morgan fingerprint density at radius 1 is 1.29 bits per heavy atom. The van der Waals surface area contributed by atoms with Crippen LogP contribution in [0.2, 0.25) is 5.02 Å². The summed E-state index contributed by atoms with van der Waals surface area (Å²) in [4.78, 5) is 8.59. The van der Waals surface area contributed by atoms with Gasteiger partial charge in [0.2, 0.25) is 0 Å². The summed E-state index contributed by atoms with van der Waals surface area (Å²) < 4.78 is 1.60. The van der Waals surface area contributed by atoms with E-state index in [4.69, 9.17) is 11.6 Å². The lowest BCUT2D eigenvalue weighted by Crippen LogP contribution is -2.15. The van der Waals surface area contributed by atoms with Crippen LogP contribution in [-0.2, 0) is 6.54 Å². The highest BCUT2D eigenvalue weighted by Crippen LogP contribution is 2.08. The Bertz CT molecular complexity index is 465. The molecule has 0 amide bonds. The summed E-state index contributed by atoms with van der Waals surface area (Å²) in [5.41, 5.74) is 0.917. The molecule has 0 aliphatic heterocycles. The van der Waals surface area contributed by atoms with Gasteiger partial charge in [0.15, 0.2) is 5.82 Å². The van der Waals surface area contributed by atoms with E-state index in [1.807, 2.05) is 0 Å². The molecule has 0 aromatic carbocycles. The normalized spacial score (nSPS) is 10.7. The molecule has 0 aliphatic carbocycles. The Labute approximate surface area is 105 Å². The summed E-state index contributed by atoms with van der Waals surface area (Å²) in [6.07, 6.45) is 7.80. The van der Waals surface area contributed by atoms with Crippen LogP contribution < -0.4 is 5.32 Å². The molecule has 90 valence electrons. The number of rotatable bonds is 5. The van der Waals surface area contributed by atoms with Crippen LogP contribution in [0.15, 0.2) is 24.8 Å². The number of aromatic nitrogens is 4. The number of hydrogen-bond acceptors (Lipinski definition) is 4. The first-order chi connectivity index (χ1) is 8.29. The van der Waals surface area contributed by atoms with Gasteiger partial charge < -0.3 is 5.32 Å². The fourth-order valence-electron chi connectivity index (χ4n) is 1.38. The van der Waals surface area contributed by atoms with Crippen molar-refractivity contribution in [1.29, 1.82) is 0 Å². The van der Waals surface area contributed by atoms with Gasteiger partial charge in [-0.25, -0.2) is 9.67 Å². The standard InChI is InChI=1S/C11H14ClN5/c1-2-3-13-5-10-6-15-11(7-14-10)17-8-9(12)4-16-17/h4,6-8,13H,2-3,5H2,1H3. The highest BCUT2D eigenvalue weighted by Gasteiger charge is 2.01. The van der Waals surface area contributed by atoms with E-state index < -0.39 is 0 Å². The molecule has 5 nitrogen and oxygen atoms in total. The van der Waals surface area contributed by atoms with Gasteiger partial charge in [-0.1, -0.05) is 18.5 Å². The molecule has 0 saturated heterocycles. The second-order valence-corrected chi connectivity index (χ2v) is 4.08. The molecule has 0 radical (unpaired) electrons. The molecule has 0 aliphatic rings. The molecule has 0 atom stereocenters. The first-order valence-corrected chi connectivity index (χ1v) is 5.89. The van der Waals surface area contributed by atoms with Gasteiger partial charge >= 0.3 is 0 Å². The lowest BCUT2D eigenvalue weighted by Gasteiger charge is -2.03. The van der Waals surface area contributed by atoms with Crippen LogP contribution in [0.25, 0.3) is 5.82 Å². The molecule has 2 aromatic heterocycles. The molecular formula is C11H14ClN5. The first kappa shape index (κ1) is 12.0. The number of nitrogens with zero attached hydrogens (tertiary/aromatic N) is 4. The fourth-order valence-corrected chi connectivity index (χ4v) is 1.51. The quantitative estimate of drug-likeness (QED) is 0.824. The van der Waals surface area contributed by atoms with Crippen molar-refractivity contribution in [2.75, 3.05) is 6.54 Å². The van der Waals surface area contributed by atoms with Gasteiger partial charge in [-0.15, -0.1) is 0 Å². The third kappa shape index (κ3) is 3.25. The predicted molar refractivity (Wildman–Crippen MR) is 66.2 cm³/mol. The molecule has 0 bridgehead atoms. The van der Waals surface area contributed by atoms with Crippen molar-refractivity contribution in [2.24, 2.45) is 0 Å². The summed E-state index contributed by atoms with van der Waals surface area (Å²) in [6.45, 7) is 3.85. The summed E-state index contributed by atoms with van der Waals surface area (Å²) >= 11 is 5.78. The van der Waals surface area contributed by atoms with Crippen molar-refractivity contribution in [3.8, 4) is 5.82 Å². The van der Waals surface area contributed by atoms with Gasteiger partial charge in [0.05, 0.1) is 35.5 Å². The van der Waals surface area contributed by atoms with Gasteiger partial charge in [0.1, 0.15) is 0 Å². The molecule has 0 unspecified atom stereocenters. The maximum atomic E-state index is 5.78. The van der Waals surface area contributed by atoms with E-state index in [1.54, 1.807) is 29.5 Å². The molecule has 0 fully saturated rings. The minimum atomic E-state index is 0.584. The number of nitrogens with one attached hydrogen (secondary N) is 1. The minimum absolute atomic E-state index is 0.584. The van der Waals surface area contributed by atoms with Gasteiger partial charge in [0.25, 0.3) is 0 Å². The predicted octanol–water partition coefficient (Wildman–Crippen LogP) is 1.82. The van der Waals surface area contributed by atoms with Crippen molar-refractivity contribution in [3.63, 3.8) is 0 Å². The second-order valence-electron chi connectivity index (χ2n) is 3.65. The maximum absolute atomic E-state index is 5.78. The summed E-state index contributed by atoms with van der Waals surface area (Å²) in [6, 6.07) is 0. The molecule has 2 aromatic rings. The van der Waals surface area contributed by atoms with Crippen molar-refractivity contribution < 1.29 is 0 Å². The van der Waals surface area contributed by atoms with Gasteiger partial charge in [-0.2, -0.15) is 5.10 Å². The summed E-state index contributed by atoms with van der Waals surface area (Å²) in [5.74, 6) is 0.663. The molecule has 2 heterocycles. The van der Waals surface area contributed by atoms with E-state index in [0.717, 1.165) is 25.2 Å². The van der Waals surface area contributed by atoms with E-state index in [1.165, 1.54) is 0 Å². The van der Waals surface area contributed by atoms with Gasteiger partial charge in [-0.3, -0.25) is 4.98 Å². The van der Waals surface area contributed by atoms with Crippen LogP contribution in [0.1, 0.15) is 19.0 Å². The average Bonchev–Trinajstić information content (AvgIpc) is 2.77. The van der Waals surface area contributed by atoms with E-state index in [-0.39, 0.29) is 0 Å². The third-order valence-corrected chi connectivity index (χ3v) is 2.41. The zero-order valence-electron chi connectivity index (χ0n) is 9.60. The highest BCUT2D eigenvalue weighted by molar-refractivity contribution is 6.30. The Kier molecular flexibility index (Phi) is 4.06. The van der Waals surface area contributed by atoms with E-state index in [2.05, 4.69) is 27.3 Å². The zero-order chi connectivity index (χ0) is 12.1. The molecule has 17 heavy (non-hydrogen) atoms. The molecule has 2 rings (SSSR count). The SMILES string of the molecule is CCCNCc1cnc(-n2cc(Cl)cn2)cn1. The molecule has 6 heteroatoms. The summed E-state index contributed by atoms with van der Waals surface area (Å²) in [5, 5.41) is 7.91. The van der Waals surface area contributed by atoms with E-state index in [9.17, 15) is 0 Å². The number of hydrogen-bond donors (Lipinski definition) is 1. The zero-order valence-corrected chi connectivity index (χ0v) is 10.4. The lowest BCUT2D eigenvalue weighted by molar-refractivity contribution is 0.660. The maximum Gasteiger partial charge on any atom is 0.171 e. The highest BCUT2D eigenvalue weighted by atomic mass is 35.5. The van der Waals surface area contributed by atoms with Crippen LogP contribution in [0.4, 0.5) is 0 Å².